The summed E-state index contributed by atoms with van der Waals surface area (Å²) in [6, 6.07) is 17.9. The minimum atomic E-state index is 0.0598. The van der Waals surface area contributed by atoms with Gasteiger partial charge < -0.3 is 0 Å². The predicted octanol–water partition coefficient (Wildman–Crippen LogP) is 3.90. The molecule has 22 heavy (non-hydrogen) atoms. The van der Waals surface area contributed by atoms with Gasteiger partial charge in [-0.1, -0.05) is 42.5 Å². The summed E-state index contributed by atoms with van der Waals surface area (Å²) in [6.45, 7) is 2.08. The monoisotopic (exact) mass is 288 g/mol. The molecule has 4 rings (SSSR count). The van der Waals surface area contributed by atoms with E-state index in [0.717, 1.165) is 28.9 Å². The number of para-hydroxylation sites is 1. The predicted molar refractivity (Wildman–Crippen MR) is 89.6 cm³/mol. The van der Waals surface area contributed by atoms with Crippen LogP contribution >= 0.6 is 0 Å². The summed E-state index contributed by atoms with van der Waals surface area (Å²) in [4.78, 5) is 17.5. The molecule has 0 saturated carbocycles. The number of hydrogen-bond donors (Lipinski definition) is 0. The summed E-state index contributed by atoms with van der Waals surface area (Å²) < 4.78 is 1.83. The highest BCUT2D eigenvalue weighted by Gasteiger charge is 2.26. The molecule has 0 saturated heterocycles. The van der Waals surface area contributed by atoms with Gasteiger partial charge in [-0.05, 0) is 42.7 Å². The molecule has 0 fully saturated rings. The Morgan fingerprint density at radius 2 is 1.82 bits per heavy atom. The van der Waals surface area contributed by atoms with Crippen LogP contribution in [0.3, 0.4) is 0 Å². The lowest BCUT2D eigenvalue weighted by molar-refractivity contribution is 0.574. The Labute approximate surface area is 128 Å². The molecule has 108 valence electrons. The van der Waals surface area contributed by atoms with Crippen molar-refractivity contribution in [3.63, 3.8) is 0 Å². The Kier molecular flexibility index (Phi) is 2.93. The molecule has 0 bridgehead atoms. The Morgan fingerprint density at radius 1 is 1.09 bits per heavy atom. The lowest BCUT2D eigenvalue weighted by Gasteiger charge is -2.08. The van der Waals surface area contributed by atoms with Gasteiger partial charge in [0.15, 0.2) is 0 Å². The maximum atomic E-state index is 12.7. The fourth-order valence-electron chi connectivity index (χ4n) is 3.16. The van der Waals surface area contributed by atoms with Gasteiger partial charge in [0.2, 0.25) is 0 Å². The summed E-state index contributed by atoms with van der Waals surface area (Å²) in [5.41, 5.74) is 3.10. The van der Waals surface area contributed by atoms with Crippen molar-refractivity contribution in [1.82, 2.24) is 9.55 Å². The van der Waals surface area contributed by atoms with Crippen LogP contribution in [0, 0.1) is 0 Å². The largest absolute Gasteiger partial charge is 0.289 e. The van der Waals surface area contributed by atoms with E-state index in [1.165, 1.54) is 0 Å². The third-order valence-corrected chi connectivity index (χ3v) is 4.19. The Balaban J connectivity index is 1.96. The molecule has 0 aliphatic carbocycles. The molecule has 0 amide bonds. The van der Waals surface area contributed by atoms with Gasteiger partial charge in [0.05, 0.1) is 10.9 Å². The van der Waals surface area contributed by atoms with Crippen LogP contribution < -0.4 is 5.56 Å². The minimum absolute atomic E-state index is 0.0598. The first kappa shape index (κ1) is 13.0. The van der Waals surface area contributed by atoms with Gasteiger partial charge in [-0.3, -0.25) is 9.36 Å². The van der Waals surface area contributed by atoms with Crippen molar-refractivity contribution in [1.29, 1.82) is 0 Å². The maximum Gasteiger partial charge on any atom is 0.261 e. The first-order valence-corrected chi connectivity index (χ1v) is 7.51. The van der Waals surface area contributed by atoms with Crippen LogP contribution in [0.4, 0.5) is 0 Å². The van der Waals surface area contributed by atoms with Crippen LogP contribution in [-0.2, 0) is 0 Å². The van der Waals surface area contributed by atoms with Crippen molar-refractivity contribution in [2.45, 2.75) is 19.4 Å². The van der Waals surface area contributed by atoms with Crippen molar-refractivity contribution in [2.24, 2.45) is 0 Å². The number of aromatic nitrogens is 2. The van der Waals surface area contributed by atoms with Crippen LogP contribution in [0.2, 0.25) is 0 Å². The number of fused-ring (bicyclic) bond motifs is 2. The van der Waals surface area contributed by atoms with E-state index >= 15 is 0 Å². The van der Waals surface area contributed by atoms with E-state index in [4.69, 9.17) is 4.98 Å². The Morgan fingerprint density at radius 3 is 2.64 bits per heavy atom. The molecular formula is C19H16N2O. The normalized spacial score (nSPS) is 18.8. The van der Waals surface area contributed by atoms with E-state index in [0.29, 0.717) is 5.39 Å². The molecule has 2 aromatic carbocycles. The van der Waals surface area contributed by atoms with Gasteiger partial charge in [-0.15, -0.1) is 0 Å². The standard InChI is InChI=1S/C19H16N2O/c1-13-11-15(12-14-7-3-2-4-8-14)18-20-17-10-6-5-9-16(17)19(22)21(13)18/h2-10,12-13H,11H2,1H3/b15-12+. The van der Waals surface area contributed by atoms with Crippen molar-refractivity contribution in [3.05, 3.63) is 76.3 Å². The highest BCUT2D eigenvalue weighted by molar-refractivity contribution is 5.85. The van der Waals surface area contributed by atoms with Gasteiger partial charge in [-0.25, -0.2) is 4.98 Å². The molecule has 1 aromatic heterocycles. The van der Waals surface area contributed by atoms with Gasteiger partial charge >= 0.3 is 0 Å². The lowest BCUT2D eigenvalue weighted by atomic mass is 10.1. The second-order valence-corrected chi connectivity index (χ2v) is 5.76. The molecule has 2 heterocycles. The highest BCUT2D eigenvalue weighted by Crippen LogP contribution is 2.34. The average molecular weight is 288 g/mol. The molecule has 3 nitrogen and oxygen atoms in total. The van der Waals surface area contributed by atoms with Crippen LogP contribution in [0.15, 0.2) is 59.4 Å². The van der Waals surface area contributed by atoms with Crippen molar-refractivity contribution < 1.29 is 0 Å². The third-order valence-electron chi connectivity index (χ3n) is 4.19. The fraction of sp³-hybridized carbons (Fsp3) is 0.158. The van der Waals surface area contributed by atoms with E-state index in [-0.39, 0.29) is 11.6 Å². The first-order valence-electron chi connectivity index (χ1n) is 7.51. The second-order valence-electron chi connectivity index (χ2n) is 5.76. The van der Waals surface area contributed by atoms with Gasteiger partial charge in [0.1, 0.15) is 5.82 Å². The van der Waals surface area contributed by atoms with Crippen LogP contribution in [0.1, 0.15) is 30.8 Å². The van der Waals surface area contributed by atoms with Crippen LogP contribution in [0.5, 0.6) is 0 Å². The van der Waals surface area contributed by atoms with Crippen molar-refractivity contribution in [3.8, 4) is 0 Å². The molecule has 0 spiro atoms. The van der Waals surface area contributed by atoms with Crippen LogP contribution in [0.25, 0.3) is 22.6 Å². The van der Waals surface area contributed by atoms with E-state index in [1.54, 1.807) is 0 Å². The van der Waals surface area contributed by atoms with E-state index in [9.17, 15) is 4.79 Å². The SMILES string of the molecule is CC1C/C(=C\c2ccccc2)c2nc3ccccc3c(=O)n21. The molecule has 3 aromatic rings. The Bertz CT molecular complexity index is 939. The zero-order valence-electron chi connectivity index (χ0n) is 12.4. The summed E-state index contributed by atoms with van der Waals surface area (Å²) >= 11 is 0. The van der Waals surface area contributed by atoms with Crippen molar-refractivity contribution >= 4 is 22.6 Å². The number of rotatable bonds is 1. The molecular weight excluding hydrogens is 272 g/mol. The number of hydrogen-bond acceptors (Lipinski definition) is 2. The summed E-state index contributed by atoms with van der Waals surface area (Å²) in [7, 11) is 0. The zero-order chi connectivity index (χ0) is 15.1. The summed E-state index contributed by atoms with van der Waals surface area (Å²) in [5, 5.41) is 0.694. The van der Waals surface area contributed by atoms with E-state index in [1.807, 2.05) is 47.0 Å². The van der Waals surface area contributed by atoms with Gasteiger partial charge in [0, 0.05) is 6.04 Å². The van der Waals surface area contributed by atoms with Gasteiger partial charge in [-0.2, -0.15) is 0 Å². The Hall–Kier alpha value is -2.68. The third kappa shape index (κ3) is 1.98. The average Bonchev–Trinajstić information content (AvgIpc) is 2.85. The number of nitrogens with zero attached hydrogens (tertiary/aromatic N) is 2. The second kappa shape index (κ2) is 4.95. The lowest BCUT2D eigenvalue weighted by Crippen LogP contribution is -2.22. The molecule has 1 unspecified atom stereocenters. The maximum absolute atomic E-state index is 12.7. The number of allylic oxidation sites excluding steroid dienone is 1. The summed E-state index contributed by atoms with van der Waals surface area (Å²) in [5.74, 6) is 0.806. The molecule has 1 aliphatic heterocycles. The van der Waals surface area contributed by atoms with Gasteiger partial charge in [0.25, 0.3) is 5.56 Å². The number of benzene rings is 2. The smallest absolute Gasteiger partial charge is 0.261 e. The minimum Gasteiger partial charge on any atom is -0.289 e. The fourth-order valence-corrected chi connectivity index (χ4v) is 3.16. The molecule has 1 aliphatic rings. The van der Waals surface area contributed by atoms with E-state index in [2.05, 4.69) is 25.1 Å². The highest BCUT2D eigenvalue weighted by atomic mass is 16.1. The molecule has 0 N–H and O–H groups in total. The zero-order valence-corrected chi connectivity index (χ0v) is 12.4. The molecule has 3 heteroatoms. The quantitative estimate of drug-likeness (QED) is 0.680. The topological polar surface area (TPSA) is 34.9 Å². The first-order chi connectivity index (χ1) is 10.7. The molecule has 1 atom stereocenters. The summed E-state index contributed by atoms with van der Waals surface area (Å²) in [6.07, 6.45) is 2.98. The molecule has 0 radical (unpaired) electrons. The van der Waals surface area contributed by atoms with Crippen LogP contribution in [-0.4, -0.2) is 9.55 Å². The van der Waals surface area contributed by atoms with Crippen molar-refractivity contribution in [2.75, 3.05) is 0 Å². The van der Waals surface area contributed by atoms with E-state index < -0.39 is 0 Å².